The molecule has 0 fully saturated rings. The fraction of sp³-hybridized carbons (Fsp3) is 0.115. The van der Waals surface area contributed by atoms with Gasteiger partial charge in [-0.2, -0.15) is 0 Å². The highest BCUT2D eigenvalue weighted by Gasteiger charge is 2.35. The molecule has 5 nitrogen and oxygen atoms in total. The van der Waals surface area contributed by atoms with Gasteiger partial charge in [-0.05, 0) is 42.1 Å². The van der Waals surface area contributed by atoms with Crippen LogP contribution >= 0.6 is 22.7 Å². The summed E-state index contributed by atoms with van der Waals surface area (Å²) in [5.74, 6) is -0.967. The van der Waals surface area contributed by atoms with E-state index in [0.717, 1.165) is 10.4 Å². The molecule has 5 rings (SSSR count). The minimum Gasteiger partial charge on any atom is -0.463 e. The zero-order valence-corrected chi connectivity index (χ0v) is 19.7. The van der Waals surface area contributed by atoms with Crippen molar-refractivity contribution >= 4 is 40.4 Å². The molecule has 3 heterocycles. The van der Waals surface area contributed by atoms with Gasteiger partial charge in [0.25, 0.3) is 5.56 Å². The molecule has 2 aromatic heterocycles. The highest BCUT2D eigenvalue weighted by atomic mass is 32.1. The second-order valence-corrected chi connectivity index (χ2v) is 9.49. The zero-order valence-electron chi connectivity index (χ0n) is 18.1. The van der Waals surface area contributed by atoms with Gasteiger partial charge < -0.3 is 4.74 Å². The van der Waals surface area contributed by atoms with E-state index in [1.165, 1.54) is 39.4 Å². The van der Waals surface area contributed by atoms with Crippen LogP contribution in [-0.4, -0.2) is 17.1 Å². The van der Waals surface area contributed by atoms with Crippen LogP contribution in [-0.2, 0) is 9.53 Å². The molecule has 0 radical (unpaired) electrons. The van der Waals surface area contributed by atoms with Gasteiger partial charge in [0, 0.05) is 10.4 Å². The summed E-state index contributed by atoms with van der Waals surface area (Å²) in [6.45, 7) is 1.90. The topological polar surface area (TPSA) is 60.7 Å². The molecule has 1 aliphatic rings. The third-order valence-electron chi connectivity index (χ3n) is 5.38. The van der Waals surface area contributed by atoms with Crippen LogP contribution in [0.5, 0.6) is 0 Å². The van der Waals surface area contributed by atoms with Crippen LogP contribution in [0, 0.1) is 5.82 Å². The molecule has 8 heteroatoms. The molecular weight excluding hydrogens is 471 g/mol. The van der Waals surface area contributed by atoms with Crippen molar-refractivity contribution in [3.05, 3.63) is 119 Å². The standard InChI is InChI=1S/C26H19FN2O3S2/c1-2-32-25(31)21-22(16-7-4-3-5-8-16)28-26-29(23(21)17-10-12-18(27)13-11-17)24(30)20(34-26)15-19-9-6-14-33-19/h3-15,23H,2H2,1H3/b20-15-/t23-/m0/s1. The lowest BCUT2D eigenvalue weighted by Gasteiger charge is -2.25. The van der Waals surface area contributed by atoms with E-state index in [9.17, 15) is 14.0 Å². The van der Waals surface area contributed by atoms with Crippen molar-refractivity contribution in [2.75, 3.05) is 6.61 Å². The third kappa shape index (κ3) is 4.06. The van der Waals surface area contributed by atoms with Crippen LogP contribution < -0.4 is 14.9 Å². The number of thiophene rings is 1. The highest BCUT2D eigenvalue weighted by molar-refractivity contribution is 7.11. The first kappa shape index (κ1) is 22.2. The van der Waals surface area contributed by atoms with Crippen molar-refractivity contribution in [3.63, 3.8) is 0 Å². The Kier molecular flexibility index (Phi) is 6.08. The molecule has 0 bridgehead atoms. The minimum atomic E-state index is -0.809. The number of fused-ring (bicyclic) bond motifs is 1. The van der Waals surface area contributed by atoms with E-state index in [-0.39, 0.29) is 17.7 Å². The highest BCUT2D eigenvalue weighted by Crippen LogP contribution is 2.35. The number of esters is 1. The van der Waals surface area contributed by atoms with Gasteiger partial charge in [0.1, 0.15) is 5.82 Å². The molecule has 4 aromatic rings. The van der Waals surface area contributed by atoms with Crippen molar-refractivity contribution in [1.29, 1.82) is 0 Å². The van der Waals surface area contributed by atoms with Gasteiger partial charge in [0.2, 0.25) is 0 Å². The zero-order chi connectivity index (χ0) is 23.7. The SMILES string of the molecule is CCOC(=O)C1=C(c2ccccc2)N=c2s/c(=C\c3cccs3)c(=O)n2[C@H]1c1ccc(F)cc1. The van der Waals surface area contributed by atoms with E-state index in [1.54, 1.807) is 19.1 Å². The molecule has 0 amide bonds. The fourth-order valence-electron chi connectivity index (χ4n) is 3.90. The molecule has 0 N–H and O–H groups in total. The summed E-state index contributed by atoms with van der Waals surface area (Å²) in [5.41, 5.74) is 1.75. The fourth-order valence-corrected chi connectivity index (χ4v) is 5.63. The first-order valence-corrected chi connectivity index (χ1v) is 12.3. The summed E-state index contributed by atoms with van der Waals surface area (Å²) in [7, 11) is 0. The number of benzene rings is 2. The number of rotatable bonds is 5. The Labute approximate surface area is 202 Å². The molecule has 0 saturated carbocycles. The molecule has 170 valence electrons. The Hall–Kier alpha value is -3.62. The third-order valence-corrected chi connectivity index (χ3v) is 7.18. The van der Waals surface area contributed by atoms with Gasteiger partial charge >= 0.3 is 5.97 Å². The van der Waals surface area contributed by atoms with E-state index in [0.29, 0.717) is 20.6 Å². The van der Waals surface area contributed by atoms with Crippen LogP contribution in [0.25, 0.3) is 11.8 Å². The number of carbonyl (C=O) groups excluding carboxylic acids is 1. The maximum atomic E-state index is 13.8. The van der Waals surface area contributed by atoms with Gasteiger partial charge in [0.15, 0.2) is 4.80 Å². The van der Waals surface area contributed by atoms with Crippen molar-refractivity contribution in [2.45, 2.75) is 13.0 Å². The van der Waals surface area contributed by atoms with Crippen LogP contribution in [0.3, 0.4) is 0 Å². The molecule has 0 spiro atoms. The second kappa shape index (κ2) is 9.32. The van der Waals surface area contributed by atoms with E-state index >= 15 is 0 Å². The lowest BCUT2D eigenvalue weighted by atomic mass is 9.93. The number of hydrogen-bond donors (Lipinski definition) is 0. The molecule has 1 atom stereocenters. The summed E-state index contributed by atoms with van der Waals surface area (Å²) in [6.07, 6.45) is 1.83. The summed E-state index contributed by atoms with van der Waals surface area (Å²) in [4.78, 5) is 33.1. The summed E-state index contributed by atoms with van der Waals surface area (Å²) in [6, 6.07) is 18.2. The lowest BCUT2D eigenvalue weighted by molar-refractivity contribution is -0.138. The van der Waals surface area contributed by atoms with Gasteiger partial charge in [0.05, 0.1) is 28.5 Å². The smallest absolute Gasteiger partial charge is 0.338 e. The predicted octanol–water partition coefficient (Wildman–Crippen LogP) is 4.14. The van der Waals surface area contributed by atoms with Crippen LogP contribution in [0.2, 0.25) is 0 Å². The van der Waals surface area contributed by atoms with Crippen molar-refractivity contribution < 1.29 is 13.9 Å². The van der Waals surface area contributed by atoms with Crippen molar-refractivity contribution in [2.24, 2.45) is 4.99 Å². The van der Waals surface area contributed by atoms with Crippen molar-refractivity contribution in [1.82, 2.24) is 4.57 Å². The van der Waals surface area contributed by atoms with E-state index in [2.05, 4.69) is 0 Å². The summed E-state index contributed by atoms with van der Waals surface area (Å²) >= 11 is 2.79. The second-order valence-electron chi connectivity index (χ2n) is 7.50. The van der Waals surface area contributed by atoms with Crippen LogP contribution in [0.1, 0.15) is 29.0 Å². The maximum absolute atomic E-state index is 13.8. The molecule has 2 aromatic carbocycles. The van der Waals surface area contributed by atoms with Gasteiger partial charge in [-0.15, -0.1) is 11.3 Å². The normalized spacial score (nSPS) is 15.7. The summed E-state index contributed by atoms with van der Waals surface area (Å²) in [5, 5.41) is 1.94. The Morgan fingerprint density at radius 1 is 1.12 bits per heavy atom. The van der Waals surface area contributed by atoms with E-state index in [4.69, 9.17) is 9.73 Å². The molecule has 0 aliphatic carbocycles. The van der Waals surface area contributed by atoms with Crippen molar-refractivity contribution in [3.8, 4) is 0 Å². The number of aromatic nitrogens is 1. The molecule has 1 aliphatic heterocycles. The Morgan fingerprint density at radius 3 is 2.56 bits per heavy atom. The monoisotopic (exact) mass is 490 g/mol. The largest absolute Gasteiger partial charge is 0.463 e. The van der Waals surface area contributed by atoms with Gasteiger partial charge in [-0.3, -0.25) is 9.36 Å². The number of hydrogen-bond acceptors (Lipinski definition) is 6. The number of ether oxygens (including phenoxy) is 1. The first-order chi connectivity index (χ1) is 16.6. The predicted molar refractivity (Wildman–Crippen MR) is 132 cm³/mol. The molecule has 0 unspecified atom stereocenters. The first-order valence-electron chi connectivity index (χ1n) is 10.6. The number of thiazole rings is 1. The van der Waals surface area contributed by atoms with Crippen LogP contribution in [0.4, 0.5) is 4.39 Å². The molecular formula is C26H19FN2O3S2. The minimum absolute atomic E-state index is 0.170. The molecule has 34 heavy (non-hydrogen) atoms. The number of carbonyl (C=O) groups is 1. The lowest BCUT2D eigenvalue weighted by Crippen LogP contribution is -2.40. The quantitative estimate of drug-likeness (QED) is 0.395. The Bertz CT molecular complexity index is 1550. The number of nitrogens with zero attached hydrogens (tertiary/aromatic N) is 2. The average molecular weight is 491 g/mol. The van der Waals surface area contributed by atoms with E-state index in [1.807, 2.05) is 53.9 Å². The summed E-state index contributed by atoms with van der Waals surface area (Å²) < 4.78 is 21.2. The van der Waals surface area contributed by atoms with Gasteiger partial charge in [-0.1, -0.05) is 59.9 Å². The van der Waals surface area contributed by atoms with Crippen LogP contribution in [0.15, 0.2) is 87.5 Å². The molecule has 0 saturated heterocycles. The Balaban J connectivity index is 1.84. The van der Waals surface area contributed by atoms with Gasteiger partial charge in [-0.25, -0.2) is 14.2 Å². The van der Waals surface area contributed by atoms with E-state index < -0.39 is 17.8 Å². The number of halogens is 1. The average Bonchev–Trinajstić information content (AvgIpc) is 3.47. The maximum Gasteiger partial charge on any atom is 0.338 e. The Morgan fingerprint density at radius 2 is 1.88 bits per heavy atom.